The molecule has 0 aliphatic carbocycles. The van der Waals surface area contributed by atoms with Crippen LogP contribution in [0.1, 0.15) is 27.9 Å². The normalized spacial score (nSPS) is 14.7. The predicted molar refractivity (Wildman–Crippen MR) is 104 cm³/mol. The van der Waals surface area contributed by atoms with Crippen molar-refractivity contribution in [1.82, 2.24) is 4.90 Å². The summed E-state index contributed by atoms with van der Waals surface area (Å²) in [5, 5.41) is 2.60. The molecule has 148 valence electrons. The van der Waals surface area contributed by atoms with Crippen molar-refractivity contribution in [2.45, 2.75) is 25.9 Å². The van der Waals surface area contributed by atoms with Crippen LogP contribution >= 0.6 is 0 Å². The summed E-state index contributed by atoms with van der Waals surface area (Å²) >= 11 is 0. The van der Waals surface area contributed by atoms with Gasteiger partial charge in [-0.2, -0.15) is 0 Å². The van der Waals surface area contributed by atoms with Gasteiger partial charge in [0.2, 0.25) is 5.91 Å². The van der Waals surface area contributed by atoms with E-state index in [0.29, 0.717) is 11.1 Å². The Morgan fingerprint density at radius 3 is 2.61 bits per heavy atom. The third kappa shape index (κ3) is 4.39. The van der Waals surface area contributed by atoms with Crippen molar-refractivity contribution in [3.05, 3.63) is 65.0 Å². The lowest BCUT2D eigenvalue weighted by atomic mass is 10.1. The minimum atomic E-state index is -3.33. The summed E-state index contributed by atoms with van der Waals surface area (Å²) in [6.45, 7) is 1.83. The number of hydrogen-bond acceptors (Lipinski definition) is 4. The molecule has 8 heteroatoms. The molecule has 0 aromatic heterocycles. The topological polar surface area (TPSA) is 83.6 Å². The van der Waals surface area contributed by atoms with E-state index in [1.165, 1.54) is 17.0 Å². The number of rotatable bonds is 6. The first-order valence-electron chi connectivity index (χ1n) is 8.79. The van der Waals surface area contributed by atoms with Crippen LogP contribution in [0.3, 0.4) is 0 Å². The second-order valence-electron chi connectivity index (χ2n) is 6.98. The summed E-state index contributed by atoms with van der Waals surface area (Å²) < 4.78 is 37.0. The molecule has 1 atom stereocenters. The second kappa shape index (κ2) is 7.71. The number of nitrogens with zero attached hydrogens (tertiary/aromatic N) is 1. The monoisotopic (exact) mass is 404 g/mol. The number of fused-ring (bicyclic) bond motifs is 1. The first-order chi connectivity index (χ1) is 13.2. The minimum absolute atomic E-state index is 0.0429. The standard InChI is InChI=1S/C20H21FN2O4S/c1-13-7-8-15(11-17(13)21)22-19(24)18(9-10-28(2,26)27)23-12-14-5-3-4-6-16(14)20(23)25/h3-8,11,18H,9-10,12H2,1-2H3,(H,22,24)/t18-/m0/s1. The van der Waals surface area contributed by atoms with Crippen LogP contribution in [-0.4, -0.2) is 43.2 Å². The van der Waals surface area contributed by atoms with Gasteiger partial charge in [-0.05, 0) is 42.7 Å². The van der Waals surface area contributed by atoms with Gasteiger partial charge in [0.1, 0.15) is 21.7 Å². The van der Waals surface area contributed by atoms with Crippen LogP contribution in [0.5, 0.6) is 0 Å². The lowest BCUT2D eigenvalue weighted by Crippen LogP contribution is -2.45. The summed E-state index contributed by atoms with van der Waals surface area (Å²) in [6, 6.07) is 10.3. The van der Waals surface area contributed by atoms with E-state index in [9.17, 15) is 22.4 Å². The van der Waals surface area contributed by atoms with Crippen molar-refractivity contribution >= 4 is 27.3 Å². The van der Waals surface area contributed by atoms with Crippen LogP contribution in [0.2, 0.25) is 0 Å². The highest BCUT2D eigenvalue weighted by Crippen LogP contribution is 2.26. The average molecular weight is 404 g/mol. The van der Waals surface area contributed by atoms with Crippen LogP contribution in [-0.2, 0) is 21.2 Å². The average Bonchev–Trinajstić information content (AvgIpc) is 2.94. The number of carbonyl (C=O) groups is 2. The van der Waals surface area contributed by atoms with Crippen molar-refractivity contribution in [1.29, 1.82) is 0 Å². The molecule has 0 unspecified atom stereocenters. The van der Waals surface area contributed by atoms with E-state index in [-0.39, 0.29) is 30.3 Å². The maximum atomic E-state index is 13.8. The lowest BCUT2D eigenvalue weighted by Gasteiger charge is -2.27. The van der Waals surface area contributed by atoms with E-state index in [2.05, 4.69) is 5.32 Å². The third-order valence-corrected chi connectivity index (χ3v) is 5.71. The van der Waals surface area contributed by atoms with E-state index in [0.717, 1.165) is 11.8 Å². The van der Waals surface area contributed by atoms with Crippen molar-refractivity contribution in [2.75, 3.05) is 17.3 Å². The molecule has 6 nitrogen and oxygen atoms in total. The number of carbonyl (C=O) groups excluding carboxylic acids is 2. The minimum Gasteiger partial charge on any atom is -0.324 e. The van der Waals surface area contributed by atoms with Gasteiger partial charge in [-0.1, -0.05) is 24.3 Å². The molecule has 1 N–H and O–H groups in total. The third-order valence-electron chi connectivity index (χ3n) is 4.73. The number of amides is 2. The van der Waals surface area contributed by atoms with Gasteiger partial charge in [0, 0.05) is 24.1 Å². The quantitative estimate of drug-likeness (QED) is 0.802. The zero-order chi connectivity index (χ0) is 20.5. The lowest BCUT2D eigenvalue weighted by molar-refractivity contribution is -0.120. The number of aryl methyl sites for hydroxylation is 1. The van der Waals surface area contributed by atoms with E-state index in [1.54, 1.807) is 37.3 Å². The Labute approximate surface area is 163 Å². The van der Waals surface area contributed by atoms with Gasteiger partial charge in [-0.3, -0.25) is 9.59 Å². The Balaban J connectivity index is 1.85. The fourth-order valence-electron chi connectivity index (χ4n) is 3.18. The first-order valence-corrected chi connectivity index (χ1v) is 10.9. The fraction of sp³-hybridized carbons (Fsp3) is 0.300. The van der Waals surface area contributed by atoms with Crippen LogP contribution < -0.4 is 5.32 Å². The number of hydrogen-bond donors (Lipinski definition) is 1. The summed E-state index contributed by atoms with van der Waals surface area (Å²) in [6.07, 6.45) is 1.04. The summed E-state index contributed by atoms with van der Waals surface area (Å²) in [4.78, 5) is 27.0. The van der Waals surface area contributed by atoms with Gasteiger partial charge in [0.15, 0.2) is 0 Å². The van der Waals surface area contributed by atoms with Gasteiger partial charge in [0.05, 0.1) is 5.75 Å². The second-order valence-corrected chi connectivity index (χ2v) is 9.24. The SMILES string of the molecule is Cc1ccc(NC(=O)[C@H](CCS(C)(=O)=O)N2Cc3ccccc3C2=O)cc1F. The number of anilines is 1. The van der Waals surface area contributed by atoms with Crippen LogP contribution in [0.15, 0.2) is 42.5 Å². The molecule has 3 rings (SSSR count). The molecular weight excluding hydrogens is 383 g/mol. The Kier molecular flexibility index (Phi) is 5.51. The largest absolute Gasteiger partial charge is 0.324 e. The molecule has 28 heavy (non-hydrogen) atoms. The molecule has 1 aliphatic rings. The molecule has 0 saturated heterocycles. The number of halogens is 1. The maximum Gasteiger partial charge on any atom is 0.255 e. The summed E-state index contributed by atoms with van der Waals surface area (Å²) in [5.74, 6) is -1.57. The van der Waals surface area contributed by atoms with Gasteiger partial charge >= 0.3 is 0 Å². The fourth-order valence-corrected chi connectivity index (χ4v) is 3.83. The molecular formula is C20H21FN2O4S. The Morgan fingerprint density at radius 2 is 1.96 bits per heavy atom. The highest BCUT2D eigenvalue weighted by atomic mass is 32.2. The molecule has 0 spiro atoms. The van der Waals surface area contributed by atoms with Crippen molar-refractivity contribution < 1.29 is 22.4 Å². The number of sulfone groups is 1. The predicted octanol–water partition coefficient (Wildman–Crippen LogP) is 2.53. The molecule has 0 saturated carbocycles. The van der Waals surface area contributed by atoms with Crippen molar-refractivity contribution in [3.8, 4) is 0 Å². The van der Waals surface area contributed by atoms with E-state index >= 15 is 0 Å². The number of nitrogens with one attached hydrogen (secondary N) is 1. The zero-order valence-corrected chi connectivity index (χ0v) is 16.4. The van der Waals surface area contributed by atoms with Crippen molar-refractivity contribution in [3.63, 3.8) is 0 Å². The van der Waals surface area contributed by atoms with Gasteiger partial charge in [-0.15, -0.1) is 0 Å². The molecule has 1 aliphatic heterocycles. The van der Waals surface area contributed by atoms with Crippen LogP contribution in [0.25, 0.3) is 0 Å². The van der Waals surface area contributed by atoms with Crippen LogP contribution in [0.4, 0.5) is 10.1 Å². The maximum absolute atomic E-state index is 13.8. The van der Waals surface area contributed by atoms with Crippen LogP contribution in [0, 0.1) is 12.7 Å². The van der Waals surface area contributed by atoms with E-state index in [1.807, 2.05) is 0 Å². The Morgan fingerprint density at radius 1 is 1.25 bits per heavy atom. The van der Waals surface area contributed by atoms with E-state index in [4.69, 9.17) is 0 Å². The van der Waals surface area contributed by atoms with Gasteiger partial charge in [0.25, 0.3) is 5.91 Å². The number of benzene rings is 2. The summed E-state index contributed by atoms with van der Waals surface area (Å²) in [7, 11) is -3.33. The molecule has 0 fully saturated rings. The Bertz CT molecular complexity index is 1040. The van der Waals surface area contributed by atoms with Gasteiger partial charge < -0.3 is 10.2 Å². The molecule has 0 bridgehead atoms. The molecule has 2 aromatic carbocycles. The zero-order valence-electron chi connectivity index (χ0n) is 15.6. The Hall–Kier alpha value is -2.74. The molecule has 2 aromatic rings. The smallest absolute Gasteiger partial charge is 0.255 e. The molecule has 0 radical (unpaired) electrons. The molecule has 2 amide bonds. The van der Waals surface area contributed by atoms with Crippen molar-refractivity contribution in [2.24, 2.45) is 0 Å². The highest BCUT2D eigenvalue weighted by molar-refractivity contribution is 7.90. The van der Waals surface area contributed by atoms with E-state index < -0.39 is 27.6 Å². The first kappa shape index (κ1) is 20.0. The molecule has 1 heterocycles. The van der Waals surface area contributed by atoms with Gasteiger partial charge in [-0.25, -0.2) is 12.8 Å². The summed E-state index contributed by atoms with van der Waals surface area (Å²) in [5.41, 5.74) is 1.98. The highest BCUT2D eigenvalue weighted by Gasteiger charge is 2.36.